The van der Waals surface area contributed by atoms with Gasteiger partial charge in [-0.1, -0.05) is 39.0 Å². The molecule has 1 aromatic heterocycles. The van der Waals surface area contributed by atoms with Gasteiger partial charge in [-0.05, 0) is 48.6 Å². The van der Waals surface area contributed by atoms with Crippen molar-refractivity contribution in [2.24, 2.45) is 23.2 Å². The molecule has 1 amide bonds. The van der Waals surface area contributed by atoms with Gasteiger partial charge in [0.05, 0.1) is 25.0 Å². The number of carbonyl (C=O) groups excluding carboxylic acids is 1. The van der Waals surface area contributed by atoms with Crippen molar-refractivity contribution >= 4 is 28.1 Å². The largest absolute Gasteiger partial charge is 0.392 e. The second-order valence-electron chi connectivity index (χ2n) is 11.2. The molecule has 36 heavy (non-hydrogen) atoms. The van der Waals surface area contributed by atoms with E-state index >= 15 is 0 Å². The molecule has 7 nitrogen and oxygen atoms in total. The highest BCUT2D eigenvalue weighted by atomic mass is 32.1. The second-order valence-corrected chi connectivity index (χ2v) is 12.3. The predicted molar refractivity (Wildman–Crippen MR) is 144 cm³/mol. The zero-order valence-corrected chi connectivity index (χ0v) is 22.5. The molecule has 196 valence electrons. The Kier molecular flexibility index (Phi) is 7.67. The van der Waals surface area contributed by atoms with Crippen LogP contribution in [0.1, 0.15) is 50.1 Å². The first-order chi connectivity index (χ1) is 17.4. The second kappa shape index (κ2) is 10.8. The summed E-state index contributed by atoms with van der Waals surface area (Å²) < 4.78 is 5.40. The fourth-order valence-corrected chi connectivity index (χ4v) is 8.05. The lowest BCUT2D eigenvalue weighted by atomic mass is 9.53. The zero-order valence-electron chi connectivity index (χ0n) is 21.7. The Bertz CT molecular complexity index is 1040. The van der Waals surface area contributed by atoms with Crippen LogP contribution in [0.4, 0.5) is 10.8 Å². The van der Waals surface area contributed by atoms with Crippen molar-refractivity contribution in [2.45, 2.75) is 52.1 Å². The van der Waals surface area contributed by atoms with E-state index in [0.717, 1.165) is 68.6 Å². The molecule has 0 radical (unpaired) electrons. The number of fused-ring (bicyclic) bond motifs is 2. The predicted octanol–water partition coefficient (Wildman–Crippen LogP) is 4.02. The van der Waals surface area contributed by atoms with Crippen molar-refractivity contribution in [3.63, 3.8) is 0 Å². The molecule has 5 rings (SSSR count). The van der Waals surface area contributed by atoms with Crippen molar-refractivity contribution in [3.05, 3.63) is 40.9 Å². The number of hydrogen-bond donors (Lipinski definition) is 3. The number of hydrogen-bond acceptors (Lipinski definition) is 7. The minimum atomic E-state index is -0.515. The number of nitrogens with one attached hydrogen (secondary N) is 2. The van der Waals surface area contributed by atoms with Gasteiger partial charge in [0.2, 0.25) is 5.91 Å². The Balaban J connectivity index is 1.24. The van der Waals surface area contributed by atoms with Crippen LogP contribution in [0.15, 0.2) is 30.3 Å². The molecule has 2 fully saturated rings. The summed E-state index contributed by atoms with van der Waals surface area (Å²) in [5.74, 6) is 0.0578. The number of rotatable bonds is 7. The van der Waals surface area contributed by atoms with Crippen LogP contribution in [-0.4, -0.2) is 66.4 Å². The monoisotopic (exact) mass is 512 g/mol. The smallest absolute Gasteiger partial charge is 0.223 e. The molecule has 1 saturated heterocycles. The van der Waals surface area contributed by atoms with Crippen LogP contribution in [0.5, 0.6) is 0 Å². The van der Waals surface area contributed by atoms with Crippen molar-refractivity contribution in [2.75, 3.05) is 44.7 Å². The van der Waals surface area contributed by atoms with Crippen molar-refractivity contribution in [3.8, 4) is 0 Å². The maximum Gasteiger partial charge on any atom is 0.223 e. The van der Waals surface area contributed by atoms with Crippen LogP contribution in [0.2, 0.25) is 0 Å². The van der Waals surface area contributed by atoms with E-state index in [9.17, 15) is 9.90 Å². The molecule has 6 atom stereocenters. The van der Waals surface area contributed by atoms with Gasteiger partial charge in [-0.25, -0.2) is 4.98 Å². The number of benzene rings is 1. The Hall–Kier alpha value is -2.00. The summed E-state index contributed by atoms with van der Waals surface area (Å²) >= 11 is 1.74. The molecule has 2 aliphatic carbocycles. The standard InChI is InChI=1S/C28H40N4O3S/c1-18(26(34)29-11-12-32-13-15-35-16-14-32)21-9-10-28(3)17-22-24(19(2)23(28)25(21)33)31-27(36-22)30-20-7-5-4-6-8-20/h4-8,18-19,21,23,25,33H,9-17H2,1-3H3,(H,29,34)(H,30,31)/t18-,19-,21+,23+,25-,28-/m0/s1. The summed E-state index contributed by atoms with van der Waals surface area (Å²) in [5.41, 5.74) is 2.17. The van der Waals surface area contributed by atoms with Gasteiger partial charge in [0, 0.05) is 48.6 Å². The van der Waals surface area contributed by atoms with Gasteiger partial charge < -0.3 is 20.5 Å². The third-order valence-corrected chi connectivity index (χ3v) is 9.82. The van der Waals surface area contributed by atoms with E-state index in [-0.39, 0.29) is 35.0 Å². The third kappa shape index (κ3) is 5.19. The van der Waals surface area contributed by atoms with E-state index in [1.165, 1.54) is 4.88 Å². The highest BCUT2D eigenvalue weighted by Gasteiger charge is 2.53. The first-order valence-corrected chi connectivity index (χ1v) is 14.2. The summed E-state index contributed by atoms with van der Waals surface area (Å²) in [7, 11) is 0. The van der Waals surface area contributed by atoms with Gasteiger partial charge >= 0.3 is 0 Å². The van der Waals surface area contributed by atoms with Crippen LogP contribution in [-0.2, 0) is 16.0 Å². The van der Waals surface area contributed by atoms with Crippen molar-refractivity contribution < 1.29 is 14.6 Å². The van der Waals surface area contributed by atoms with Crippen LogP contribution >= 0.6 is 11.3 Å². The number of ether oxygens (including phenoxy) is 1. The minimum Gasteiger partial charge on any atom is -0.392 e. The molecule has 1 aromatic carbocycles. The average molecular weight is 513 g/mol. The highest BCUT2D eigenvalue weighted by Crippen LogP contribution is 2.57. The average Bonchev–Trinajstić information content (AvgIpc) is 3.26. The van der Waals surface area contributed by atoms with Gasteiger partial charge in [0.25, 0.3) is 0 Å². The number of anilines is 2. The molecular weight excluding hydrogens is 472 g/mol. The van der Waals surface area contributed by atoms with Gasteiger partial charge in [-0.2, -0.15) is 0 Å². The number of nitrogens with zero attached hydrogens (tertiary/aromatic N) is 2. The van der Waals surface area contributed by atoms with Gasteiger partial charge in [-0.3, -0.25) is 9.69 Å². The van der Waals surface area contributed by atoms with Crippen LogP contribution in [0, 0.1) is 23.2 Å². The first-order valence-electron chi connectivity index (χ1n) is 13.4. The van der Waals surface area contributed by atoms with E-state index in [1.54, 1.807) is 11.3 Å². The number of aliphatic hydroxyl groups is 1. The fraction of sp³-hybridized carbons (Fsp3) is 0.643. The Morgan fingerprint density at radius 3 is 2.81 bits per heavy atom. The van der Waals surface area contributed by atoms with Crippen LogP contribution in [0.25, 0.3) is 0 Å². The van der Waals surface area contributed by atoms with Crippen molar-refractivity contribution in [1.82, 2.24) is 15.2 Å². The molecule has 8 heteroatoms. The molecule has 3 aliphatic rings. The summed E-state index contributed by atoms with van der Waals surface area (Å²) in [5, 5.41) is 19.2. The third-order valence-electron chi connectivity index (χ3n) is 8.83. The SMILES string of the molecule is C[C@H](C(=O)NCCN1CCOCC1)[C@H]1CC[C@@]2(C)Cc3sc(Nc4ccccc4)nc3[C@@H](C)[C@@H]2[C@H]1O. The summed E-state index contributed by atoms with van der Waals surface area (Å²) in [6.07, 6.45) is 2.32. The highest BCUT2D eigenvalue weighted by molar-refractivity contribution is 7.15. The Morgan fingerprint density at radius 2 is 2.06 bits per heavy atom. The maximum atomic E-state index is 13.0. The van der Waals surface area contributed by atoms with Crippen LogP contribution < -0.4 is 10.6 Å². The van der Waals surface area contributed by atoms with E-state index in [1.807, 2.05) is 37.3 Å². The number of aromatic nitrogens is 1. The lowest BCUT2D eigenvalue weighted by Crippen LogP contribution is -2.53. The minimum absolute atomic E-state index is 0.0193. The summed E-state index contributed by atoms with van der Waals surface area (Å²) in [4.78, 5) is 21.7. The molecule has 0 unspecified atom stereocenters. The van der Waals surface area contributed by atoms with E-state index in [0.29, 0.717) is 6.54 Å². The lowest BCUT2D eigenvalue weighted by molar-refractivity contribution is -0.134. The lowest BCUT2D eigenvalue weighted by Gasteiger charge is -2.53. The van der Waals surface area contributed by atoms with E-state index in [2.05, 4.69) is 29.4 Å². The van der Waals surface area contributed by atoms with Gasteiger partial charge in [0.1, 0.15) is 0 Å². The molecule has 3 N–H and O–H groups in total. The maximum absolute atomic E-state index is 13.0. The molecule has 1 aliphatic heterocycles. The molecular formula is C28H40N4O3S. The number of amides is 1. The molecule has 2 heterocycles. The number of para-hydroxylation sites is 1. The Labute approximate surface area is 218 Å². The van der Waals surface area contributed by atoms with E-state index in [4.69, 9.17) is 9.72 Å². The topological polar surface area (TPSA) is 86.7 Å². The van der Waals surface area contributed by atoms with E-state index < -0.39 is 6.10 Å². The number of thiazole rings is 1. The Morgan fingerprint density at radius 1 is 1.31 bits per heavy atom. The number of morpholine rings is 1. The van der Waals surface area contributed by atoms with Gasteiger partial charge in [-0.15, -0.1) is 11.3 Å². The molecule has 0 bridgehead atoms. The van der Waals surface area contributed by atoms with Crippen LogP contribution in [0.3, 0.4) is 0 Å². The zero-order chi connectivity index (χ0) is 25.3. The van der Waals surface area contributed by atoms with Crippen molar-refractivity contribution in [1.29, 1.82) is 0 Å². The fourth-order valence-electron chi connectivity index (χ4n) is 6.76. The normalized spacial score (nSPS) is 31.2. The summed E-state index contributed by atoms with van der Waals surface area (Å²) in [6, 6.07) is 10.1. The molecule has 0 spiro atoms. The van der Waals surface area contributed by atoms with Gasteiger partial charge in [0.15, 0.2) is 5.13 Å². The first kappa shape index (κ1) is 25.6. The number of aliphatic hydroxyl groups excluding tert-OH is 1. The summed E-state index contributed by atoms with van der Waals surface area (Å²) in [6.45, 7) is 11.4. The molecule has 1 saturated carbocycles. The quantitative estimate of drug-likeness (QED) is 0.520. The molecule has 2 aromatic rings. The number of carbonyl (C=O) groups is 1.